The van der Waals surface area contributed by atoms with Crippen molar-refractivity contribution < 1.29 is 23.9 Å². The smallest absolute Gasteiger partial charge is 0.327 e. The summed E-state index contributed by atoms with van der Waals surface area (Å²) in [4.78, 5) is 48.7. The summed E-state index contributed by atoms with van der Waals surface area (Å²) in [5, 5.41) is 2.87. The highest BCUT2D eigenvalue weighted by molar-refractivity contribution is 6.04. The first-order chi connectivity index (χ1) is 10.9. The lowest BCUT2D eigenvalue weighted by molar-refractivity contribution is -0.150. The average Bonchev–Trinajstić information content (AvgIpc) is 2.74. The number of hydrogen-bond acceptors (Lipinski definition) is 5. The molecule has 2 aliphatic rings. The van der Waals surface area contributed by atoms with E-state index in [1.54, 1.807) is 0 Å². The van der Waals surface area contributed by atoms with Gasteiger partial charge in [-0.2, -0.15) is 0 Å². The number of rotatable bonds is 5. The highest BCUT2D eigenvalue weighted by Gasteiger charge is 2.35. The Balaban J connectivity index is 1.72. The van der Waals surface area contributed by atoms with E-state index in [9.17, 15) is 19.2 Å². The Labute approximate surface area is 135 Å². The number of carbonyl (C=O) groups excluding carboxylic acids is 4. The number of carbonyl (C=O) groups is 4. The van der Waals surface area contributed by atoms with Gasteiger partial charge in [0.15, 0.2) is 6.61 Å². The molecule has 0 spiro atoms. The maximum absolute atomic E-state index is 11.8. The van der Waals surface area contributed by atoms with Crippen molar-refractivity contribution in [3.05, 3.63) is 0 Å². The highest BCUT2D eigenvalue weighted by Crippen LogP contribution is 2.23. The molecule has 0 aromatic carbocycles. The number of amides is 4. The molecule has 0 bridgehead atoms. The predicted octanol–water partition coefficient (Wildman–Crippen LogP) is 0.119. The normalized spacial score (nSPS) is 24.8. The maximum atomic E-state index is 11.8. The third-order valence-electron chi connectivity index (χ3n) is 4.34. The highest BCUT2D eigenvalue weighted by atomic mass is 16.5. The zero-order valence-electron chi connectivity index (χ0n) is 13.5. The minimum absolute atomic E-state index is 0.0494. The zero-order valence-corrected chi connectivity index (χ0v) is 13.5. The van der Waals surface area contributed by atoms with Gasteiger partial charge < -0.3 is 15.0 Å². The molecule has 1 aliphatic heterocycles. The fraction of sp³-hybridized carbons (Fsp3) is 0.733. The first kappa shape index (κ1) is 17.2. The van der Waals surface area contributed by atoms with Crippen LogP contribution in [0.1, 0.15) is 32.6 Å². The molecule has 2 atom stereocenters. The third kappa shape index (κ3) is 4.43. The predicted molar refractivity (Wildman–Crippen MR) is 80.3 cm³/mol. The first-order valence-corrected chi connectivity index (χ1v) is 7.89. The Morgan fingerprint density at radius 2 is 1.96 bits per heavy atom. The molecule has 2 fully saturated rings. The summed E-state index contributed by atoms with van der Waals surface area (Å²) in [6, 6.07) is -0.419. The van der Waals surface area contributed by atoms with Crippen LogP contribution in [0.4, 0.5) is 4.79 Å². The second-order valence-corrected chi connectivity index (χ2v) is 6.21. The van der Waals surface area contributed by atoms with Crippen LogP contribution in [0.15, 0.2) is 0 Å². The Hall–Kier alpha value is -2.12. The van der Waals surface area contributed by atoms with Crippen molar-refractivity contribution in [2.75, 3.05) is 26.7 Å². The number of likely N-dealkylation sites (N-methyl/N-ethyl adjacent to an activating group) is 1. The molecule has 2 rings (SSSR count). The largest absolute Gasteiger partial charge is 0.454 e. The fourth-order valence-corrected chi connectivity index (χ4v) is 2.92. The minimum Gasteiger partial charge on any atom is -0.454 e. The van der Waals surface area contributed by atoms with Gasteiger partial charge in [0, 0.05) is 13.1 Å². The van der Waals surface area contributed by atoms with Crippen molar-refractivity contribution in [2.45, 2.75) is 38.6 Å². The van der Waals surface area contributed by atoms with E-state index in [-0.39, 0.29) is 18.5 Å². The SMILES string of the molecule is C[C@H]1CCCC[C@@H]1NC(=O)COC(=O)CN1C(=O)CN(C)C1=O. The molecule has 23 heavy (non-hydrogen) atoms. The van der Waals surface area contributed by atoms with Crippen LogP contribution in [0.3, 0.4) is 0 Å². The quantitative estimate of drug-likeness (QED) is 0.572. The van der Waals surface area contributed by atoms with Crippen LogP contribution in [0.5, 0.6) is 0 Å². The van der Waals surface area contributed by atoms with Gasteiger partial charge in [0.2, 0.25) is 0 Å². The van der Waals surface area contributed by atoms with Crippen molar-refractivity contribution in [1.82, 2.24) is 15.1 Å². The molecule has 1 saturated heterocycles. The van der Waals surface area contributed by atoms with Crippen molar-refractivity contribution in [3.63, 3.8) is 0 Å². The molecule has 0 aromatic heterocycles. The number of nitrogens with one attached hydrogen (secondary N) is 1. The van der Waals surface area contributed by atoms with E-state index >= 15 is 0 Å². The number of hydrogen-bond donors (Lipinski definition) is 1. The van der Waals surface area contributed by atoms with Gasteiger partial charge in [-0.1, -0.05) is 19.8 Å². The van der Waals surface area contributed by atoms with Crippen molar-refractivity contribution in [2.24, 2.45) is 5.92 Å². The van der Waals surface area contributed by atoms with Gasteiger partial charge in [0.25, 0.3) is 11.8 Å². The summed E-state index contributed by atoms with van der Waals surface area (Å²) in [6.07, 6.45) is 4.28. The molecule has 0 unspecified atom stereocenters. The molecule has 1 N–H and O–H groups in total. The summed E-state index contributed by atoms with van der Waals surface area (Å²) in [5.41, 5.74) is 0. The molecule has 8 nitrogen and oxygen atoms in total. The van der Waals surface area contributed by atoms with E-state index in [1.807, 2.05) is 0 Å². The van der Waals surface area contributed by atoms with Crippen LogP contribution in [0.2, 0.25) is 0 Å². The Morgan fingerprint density at radius 1 is 1.26 bits per heavy atom. The van der Waals surface area contributed by atoms with Crippen molar-refractivity contribution >= 4 is 23.8 Å². The van der Waals surface area contributed by atoms with Crippen molar-refractivity contribution in [1.29, 1.82) is 0 Å². The first-order valence-electron chi connectivity index (χ1n) is 7.89. The van der Waals surface area contributed by atoms with Gasteiger partial charge in [-0.05, 0) is 18.8 Å². The van der Waals surface area contributed by atoms with Gasteiger partial charge in [-0.3, -0.25) is 19.3 Å². The summed E-state index contributed by atoms with van der Waals surface area (Å²) in [6.45, 7) is 1.19. The summed E-state index contributed by atoms with van der Waals surface area (Å²) < 4.78 is 4.86. The van der Waals surface area contributed by atoms with Crippen molar-refractivity contribution in [3.8, 4) is 0 Å². The van der Waals surface area contributed by atoms with E-state index in [4.69, 9.17) is 4.74 Å². The second kappa shape index (κ2) is 7.43. The molecule has 0 radical (unpaired) electrons. The molecule has 1 heterocycles. The number of esters is 1. The zero-order chi connectivity index (χ0) is 17.0. The monoisotopic (exact) mass is 325 g/mol. The van der Waals surface area contributed by atoms with Crippen LogP contribution < -0.4 is 5.32 Å². The molecular formula is C15H23N3O5. The molecule has 1 saturated carbocycles. The lowest BCUT2D eigenvalue weighted by Crippen LogP contribution is -2.43. The van der Waals surface area contributed by atoms with Gasteiger partial charge in [-0.15, -0.1) is 0 Å². The molecule has 4 amide bonds. The summed E-state index contributed by atoms with van der Waals surface area (Å²) >= 11 is 0. The summed E-state index contributed by atoms with van der Waals surface area (Å²) in [5.74, 6) is -1.16. The standard InChI is InChI=1S/C15H23N3O5/c1-10-5-3-4-6-11(10)16-12(19)9-23-14(21)8-18-13(20)7-17(2)15(18)22/h10-11H,3-9H2,1-2H3,(H,16,19)/t10-,11-/m0/s1. The lowest BCUT2D eigenvalue weighted by Gasteiger charge is -2.29. The minimum atomic E-state index is -0.770. The number of nitrogens with zero attached hydrogens (tertiary/aromatic N) is 2. The molecule has 1 aliphatic carbocycles. The van der Waals surface area contributed by atoms with Crippen LogP contribution in [-0.2, 0) is 19.1 Å². The van der Waals surface area contributed by atoms with Gasteiger partial charge >= 0.3 is 12.0 Å². The van der Waals surface area contributed by atoms with Crippen LogP contribution >= 0.6 is 0 Å². The Morgan fingerprint density at radius 3 is 2.57 bits per heavy atom. The topological polar surface area (TPSA) is 96.0 Å². The van der Waals surface area contributed by atoms with Gasteiger partial charge in [0.05, 0.1) is 0 Å². The number of ether oxygens (including phenoxy) is 1. The van der Waals surface area contributed by atoms with Gasteiger partial charge in [0.1, 0.15) is 13.1 Å². The lowest BCUT2D eigenvalue weighted by atomic mass is 9.86. The maximum Gasteiger partial charge on any atom is 0.327 e. The molecule has 8 heteroatoms. The van der Waals surface area contributed by atoms with Crippen LogP contribution in [-0.4, -0.2) is 66.4 Å². The van der Waals surface area contributed by atoms with Crippen LogP contribution in [0.25, 0.3) is 0 Å². The summed E-state index contributed by atoms with van der Waals surface area (Å²) in [7, 11) is 1.48. The van der Waals surface area contributed by atoms with E-state index < -0.39 is 31.1 Å². The third-order valence-corrected chi connectivity index (χ3v) is 4.34. The number of imide groups is 1. The Kier molecular flexibility index (Phi) is 5.57. The number of urea groups is 1. The van der Waals surface area contributed by atoms with E-state index in [0.29, 0.717) is 5.92 Å². The second-order valence-electron chi connectivity index (χ2n) is 6.21. The van der Waals surface area contributed by atoms with Gasteiger partial charge in [-0.25, -0.2) is 4.79 Å². The molecule has 0 aromatic rings. The Bertz CT molecular complexity index is 507. The average molecular weight is 325 g/mol. The van der Waals surface area contributed by atoms with E-state index in [0.717, 1.165) is 24.2 Å². The van der Waals surface area contributed by atoms with E-state index in [2.05, 4.69) is 12.2 Å². The van der Waals surface area contributed by atoms with Crippen LogP contribution in [0, 0.1) is 5.92 Å². The molecule has 128 valence electrons. The molecular weight excluding hydrogens is 302 g/mol. The fourth-order valence-electron chi connectivity index (χ4n) is 2.92. The van der Waals surface area contributed by atoms with E-state index in [1.165, 1.54) is 18.4 Å².